The Balaban J connectivity index is 2.26. The van der Waals surface area contributed by atoms with Crippen LogP contribution in [0.4, 0.5) is 4.79 Å². The molecular weight excluding hydrogens is 296 g/mol. The van der Waals surface area contributed by atoms with Gasteiger partial charge in [0.05, 0.1) is 12.6 Å². The highest BCUT2D eigenvalue weighted by Crippen LogP contribution is 2.20. The van der Waals surface area contributed by atoms with Crippen LogP contribution in [0.3, 0.4) is 0 Å². The SMILES string of the molecule is CC(=O)C(C)N1C(=O)C(=O)N(Cc2cccc(Cl)c2)C1=O. The van der Waals surface area contributed by atoms with Gasteiger partial charge in [0, 0.05) is 5.02 Å². The molecule has 2 rings (SSSR count). The van der Waals surface area contributed by atoms with Crippen LogP contribution in [0.25, 0.3) is 0 Å². The van der Waals surface area contributed by atoms with E-state index in [1.807, 2.05) is 0 Å². The minimum atomic E-state index is -0.982. The first-order valence-corrected chi connectivity index (χ1v) is 6.64. The molecule has 0 spiro atoms. The van der Waals surface area contributed by atoms with E-state index < -0.39 is 23.9 Å². The maximum atomic E-state index is 12.2. The lowest BCUT2D eigenvalue weighted by Crippen LogP contribution is -2.43. The Labute approximate surface area is 126 Å². The molecule has 1 unspecified atom stereocenters. The first kappa shape index (κ1) is 15.2. The number of halogens is 1. The molecule has 0 aliphatic carbocycles. The minimum Gasteiger partial charge on any atom is -0.298 e. The number of imide groups is 2. The topological polar surface area (TPSA) is 74.8 Å². The van der Waals surface area contributed by atoms with Crippen LogP contribution in [0, 0.1) is 0 Å². The highest BCUT2D eigenvalue weighted by Gasteiger charge is 2.47. The molecule has 1 aromatic carbocycles. The van der Waals surface area contributed by atoms with Gasteiger partial charge in [0.25, 0.3) is 0 Å². The van der Waals surface area contributed by atoms with E-state index in [-0.39, 0.29) is 12.3 Å². The average Bonchev–Trinajstić information content (AvgIpc) is 2.62. The molecule has 1 aromatic rings. The van der Waals surface area contributed by atoms with Crippen LogP contribution >= 0.6 is 11.6 Å². The van der Waals surface area contributed by atoms with Crippen molar-refractivity contribution in [2.75, 3.05) is 0 Å². The van der Waals surface area contributed by atoms with E-state index in [0.29, 0.717) is 15.5 Å². The number of amides is 4. The Morgan fingerprint density at radius 2 is 1.90 bits per heavy atom. The molecule has 1 saturated heterocycles. The van der Waals surface area contributed by atoms with Gasteiger partial charge in [-0.15, -0.1) is 0 Å². The number of benzene rings is 1. The van der Waals surface area contributed by atoms with Gasteiger partial charge in [0.15, 0.2) is 5.78 Å². The summed E-state index contributed by atoms with van der Waals surface area (Å²) in [5.74, 6) is -2.29. The van der Waals surface area contributed by atoms with Gasteiger partial charge in [-0.2, -0.15) is 0 Å². The summed E-state index contributed by atoms with van der Waals surface area (Å²) in [6, 6.07) is 4.89. The zero-order chi connectivity index (χ0) is 15.7. The molecule has 1 aliphatic rings. The summed E-state index contributed by atoms with van der Waals surface area (Å²) in [4.78, 5) is 48.8. The van der Waals surface area contributed by atoms with Crippen molar-refractivity contribution in [1.82, 2.24) is 9.80 Å². The Bertz CT molecular complexity index is 644. The Morgan fingerprint density at radius 1 is 1.24 bits per heavy atom. The van der Waals surface area contributed by atoms with E-state index in [4.69, 9.17) is 11.6 Å². The molecule has 1 atom stereocenters. The fourth-order valence-corrected chi connectivity index (χ4v) is 2.22. The van der Waals surface area contributed by atoms with Crippen molar-refractivity contribution in [1.29, 1.82) is 0 Å². The number of hydrogen-bond acceptors (Lipinski definition) is 4. The third kappa shape index (κ3) is 2.80. The van der Waals surface area contributed by atoms with Crippen molar-refractivity contribution < 1.29 is 19.2 Å². The number of ketones is 1. The van der Waals surface area contributed by atoms with Crippen LogP contribution in [0.5, 0.6) is 0 Å². The first-order valence-electron chi connectivity index (χ1n) is 6.27. The van der Waals surface area contributed by atoms with Gasteiger partial charge >= 0.3 is 17.8 Å². The molecule has 21 heavy (non-hydrogen) atoms. The highest BCUT2D eigenvalue weighted by molar-refractivity contribution is 6.45. The summed E-state index contributed by atoms with van der Waals surface area (Å²) < 4.78 is 0. The molecule has 6 nitrogen and oxygen atoms in total. The third-order valence-corrected chi connectivity index (χ3v) is 3.52. The fraction of sp³-hybridized carbons (Fsp3) is 0.286. The third-order valence-electron chi connectivity index (χ3n) is 3.29. The Morgan fingerprint density at radius 3 is 2.48 bits per heavy atom. The maximum Gasteiger partial charge on any atom is 0.335 e. The standard InChI is InChI=1S/C14H13ClN2O4/c1-8(9(2)18)17-13(20)12(19)16(14(17)21)7-10-4-3-5-11(15)6-10/h3-6,8H,7H2,1-2H3. The predicted octanol–water partition coefficient (Wildman–Crippen LogP) is 1.61. The van der Waals surface area contributed by atoms with Gasteiger partial charge in [-0.1, -0.05) is 23.7 Å². The lowest BCUT2D eigenvalue weighted by atomic mass is 10.2. The van der Waals surface area contributed by atoms with Crippen molar-refractivity contribution in [2.45, 2.75) is 26.4 Å². The molecule has 0 radical (unpaired) electrons. The second kappa shape index (κ2) is 5.65. The second-order valence-electron chi connectivity index (χ2n) is 4.77. The first-order chi connectivity index (χ1) is 9.82. The van der Waals surface area contributed by atoms with Crippen LogP contribution in [0.2, 0.25) is 5.02 Å². The van der Waals surface area contributed by atoms with E-state index >= 15 is 0 Å². The van der Waals surface area contributed by atoms with E-state index in [1.54, 1.807) is 24.3 Å². The molecule has 0 saturated carbocycles. The van der Waals surface area contributed by atoms with Gasteiger partial charge in [-0.3, -0.25) is 19.3 Å². The van der Waals surface area contributed by atoms with Crippen LogP contribution in [0.15, 0.2) is 24.3 Å². The molecule has 1 aliphatic heterocycles. The van der Waals surface area contributed by atoms with Crippen molar-refractivity contribution in [3.63, 3.8) is 0 Å². The van der Waals surface area contributed by atoms with E-state index in [0.717, 1.165) is 4.90 Å². The average molecular weight is 309 g/mol. The van der Waals surface area contributed by atoms with Gasteiger partial charge < -0.3 is 0 Å². The molecule has 4 amide bonds. The molecule has 0 aromatic heterocycles. The molecule has 7 heteroatoms. The zero-order valence-corrected chi connectivity index (χ0v) is 12.3. The summed E-state index contributed by atoms with van der Waals surface area (Å²) in [6.45, 7) is 2.61. The molecule has 1 heterocycles. The molecule has 0 N–H and O–H groups in total. The maximum absolute atomic E-state index is 12.2. The highest BCUT2D eigenvalue weighted by atomic mass is 35.5. The van der Waals surface area contributed by atoms with E-state index in [9.17, 15) is 19.2 Å². The molecule has 110 valence electrons. The van der Waals surface area contributed by atoms with Gasteiger partial charge in [-0.05, 0) is 31.5 Å². The Kier molecular flexibility index (Phi) is 4.09. The number of nitrogens with zero attached hydrogens (tertiary/aromatic N) is 2. The smallest absolute Gasteiger partial charge is 0.298 e. The van der Waals surface area contributed by atoms with Crippen LogP contribution < -0.4 is 0 Å². The van der Waals surface area contributed by atoms with Crippen LogP contribution in [-0.2, 0) is 20.9 Å². The van der Waals surface area contributed by atoms with Gasteiger partial charge in [0.2, 0.25) is 0 Å². The summed E-state index contributed by atoms with van der Waals surface area (Å²) in [7, 11) is 0. The number of carbonyl (C=O) groups excluding carboxylic acids is 4. The van der Waals surface area contributed by atoms with Crippen molar-refractivity contribution in [3.05, 3.63) is 34.9 Å². The van der Waals surface area contributed by atoms with Crippen molar-refractivity contribution in [3.8, 4) is 0 Å². The van der Waals surface area contributed by atoms with Crippen LogP contribution in [-0.4, -0.2) is 39.5 Å². The van der Waals surface area contributed by atoms with E-state index in [2.05, 4.69) is 0 Å². The quantitative estimate of drug-likeness (QED) is 0.625. The van der Waals surface area contributed by atoms with Gasteiger partial charge in [-0.25, -0.2) is 9.69 Å². The normalized spacial score (nSPS) is 16.6. The van der Waals surface area contributed by atoms with Crippen molar-refractivity contribution >= 4 is 35.2 Å². The predicted molar refractivity (Wildman–Crippen MR) is 74.4 cm³/mol. The molecule has 1 fully saturated rings. The minimum absolute atomic E-state index is 0.0644. The zero-order valence-electron chi connectivity index (χ0n) is 11.5. The number of rotatable bonds is 4. The number of urea groups is 1. The van der Waals surface area contributed by atoms with Crippen LogP contribution in [0.1, 0.15) is 19.4 Å². The summed E-state index contributed by atoms with van der Waals surface area (Å²) in [6.07, 6.45) is 0. The summed E-state index contributed by atoms with van der Waals surface area (Å²) in [5.41, 5.74) is 0.620. The molecule has 0 bridgehead atoms. The number of hydrogen-bond donors (Lipinski definition) is 0. The summed E-state index contributed by atoms with van der Waals surface area (Å²) in [5, 5.41) is 0.465. The lowest BCUT2D eigenvalue weighted by Gasteiger charge is -2.19. The fourth-order valence-electron chi connectivity index (χ4n) is 2.00. The monoisotopic (exact) mass is 308 g/mol. The number of carbonyl (C=O) groups is 4. The lowest BCUT2D eigenvalue weighted by molar-refractivity contribution is -0.145. The number of Topliss-reactive ketones (excluding diaryl/α,β-unsaturated/α-hetero) is 1. The second-order valence-corrected chi connectivity index (χ2v) is 5.20. The van der Waals surface area contributed by atoms with Gasteiger partial charge in [0.1, 0.15) is 0 Å². The Hall–Kier alpha value is -2.21. The van der Waals surface area contributed by atoms with E-state index in [1.165, 1.54) is 13.8 Å². The largest absolute Gasteiger partial charge is 0.335 e. The molecular formula is C14H13ClN2O4. The van der Waals surface area contributed by atoms with Crippen molar-refractivity contribution in [2.24, 2.45) is 0 Å². The summed E-state index contributed by atoms with van der Waals surface area (Å²) >= 11 is 5.84.